The molecule has 0 saturated heterocycles. The van der Waals surface area contributed by atoms with Gasteiger partial charge in [-0.1, -0.05) is 31.4 Å². The van der Waals surface area contributed by atoms with Gasteiger partial charge in [0.25, 0.3) is 16.4 Å². The maximum atomic E-state index is 13.2. The SMILES string of the molecule is O=C(ON(C1CCCCC1)S(=O)(=O)c1ccc(-c2ccnc3[nH]c(C(F)F)cc23)cc1)C(F)(F)F. The highest BCUT2D eigenvalue weighted by Crippen LogP contribution is 2.33. The first-order chi connectivity index (χ1) is 16.5. The third-order valence-corrected chi connectivity index (χ3v) is 7.48. The molecule has 1 aliphatic rings. The van der Waals surface area contributed by atoms with Gasteiger partial charge in [0.15, 0.2) is 0 Å². The molecule has 0 unspecified atom stereocenters. The molecule has 1 fully saturated rings. The zero-order valence-corrected chi connectivity index (χ0v) is 18.9. The number of halogens is 5. The van der Waals surface area contributed by atoms with Gasteiger partial charge in [-0.15, -0.1) is 0 Å². The maximum absolute atomic E-state index is 13.2. The molecule has 1 aliphatic carbocycles. The van der Waals surface area contributed by atoms with Crippen molar-refractivity contribution >= 4 is 27.0 Å². The second-order valence-electron chi connectivity index (χ2n) is 8.10. The van der Waals surface area contributed by atoms with E-state index < -0.39 is 34.6 Å². The Kier molecular flexibility index (Phi) is 6.82. The van der Waals surface area contributed by atoms with Crippen molar-refractivity contribution in [3.8, 4) is 11.1 Å². The number of carbonyl (C=O) groups is 1. The summed E-state index contributed by atoms with van der Waals surface area (Å²) in [6.45, 7) is 0. The quantitative estimate of drug-likeness (QED) is 0.344. The van der Waals surface area contributed by atoms with E-state index in [0.29, 0.717) is 29.4 Å². The molecule has 0 atom stereocenters. The van der Waals surface area contributed by atoms with E-state index in [4.69, 9.17) is 0 Å². The summed E-state index contributed by atoms with van der Waals surface area (Å²) in [6, 6.07) is 6.99. The van der Waals surface area contributed by atoms with Gasteiger partial charge < -0.3 is 9.82 Å². The number of aromatic amines is 1. The summed E-state index contributed by atoms with van der Waals surface area (Å²) in [4.78, 5) is 22.0. The normalized spacial score (nSPS) is 15.7. The molecule has 13 heteroatoms. The molecule has 1 saturated carbocycles. The number of rotatable bonds is 6. The Hall–Kier alpha value is -3.06. The minimum Gasteiger partial charge on any atom is -0.345 e. The molecule has 7 nitrogen and oxygen atoms in total. The maximum Gasteiger partial charge on any atom is 0.492 e. The van der Waals surface area contributed by atoms with Gasteiger partial charge in [-0.05, 0) is 52.7 Å². The number of carbonyl (C=O) groups excluding carboxylic acids is 1. The van der Waals surface area contributed by atoms with E-state index in [-0.39, 0.29) is 33.5 Å². The van der Waals surface area contributed by atoms with E-state index in [1.807, 2.05) is 0 Å². The van der Waals surface area contributed by atoms with Crippen LogP contribution in [0.5, 0.6) is 0 Å². The highest BCUT2D eigenvalue weighted by molar-refractivity contribution is 7.89. The smallest absolute Gasteiger partial charge is 0.345 e. The van der Waals surface area contributed by atoms with Crippen molar-refractivity contribution in [1.29, 1.82) is 0 Å². The Balaban J connectivity index is 1.68. The third-order valence-electron chi connectivity index (χ3n) is 5.77. The number of fused-ring (bicyclic) bond motifs is 1. The molecule has 1 N–H and O–H groups in total. The zero-order chi connectivity index (χ0) is 25.4. The molecule has 0 radical (unpaired) electrons. The van der Waals surface area contributed by atoms with E-state index >= 15 is 0 Å². The van der Waals surface area contributed by atoms with E-state index in [1.165, 1.54) is 24.4 Å². The lowest BCUT2D eigenvalue weighted by Crippen LogP contribution is -2.45. The zero-order valence-electron chi connectivity index (χ0n) is 18.1. The number of alkyl halides is 5. The highest BCUT2D eigenvalue weighted by atomic mass is 32.2. The van der Waals surface area contributed by atoms with Gasteiger partial charge in [0.2, 0.25) is 0 Å². The lowest BCUT2D eigenvalue weighted by molar-refractivity contribution is -0.228. The fourth-order valence-corrected chi connectivity index (χ4v) is 5.53. The number of aromatic nitrogens is 2. The van der Waals surface area contributed by atoms with Crippen molar-refractivity contribution in [3.05, 3.63) is 48.3 Å². The molecule has 2 heterocycles. The lowest BCUT2D eigenvalue weighted by atomic mass is 9.96. The van der Waals surface area contributed by atoms with Crippen molar-refractivity contribution in [2.75, 3.05) is 0 Å². The van der Waals surface area contributed by atoms with Crippen LogP contribution in [0.2, 0.25) is 0 Å². The number of nitrogens with zero attached hydrogens (tertiary/aromatic N) is 2. The van der Waals surface area contributed by atoms with Crippen LogP contribution >= 0.6 is 0 Å². The summed E-state index contributed by atoms with van der Waals surface area (Å²) in [5.74, 6) is -2.62. The Bertz CT molecular complexity index is 1320. The second kappa shape index (κ2) is 9.53. The number of pyridine rings is 1. The molecule has 1 aromatic carbocycles. The fourth-order valence-electron chi connectivity index (χ4n) is 4.07. The van der Waals surface area contributed by atoms with Crippen LogP contribution in [-0.4, -0.2) is 41.0 Å². The summed E-state index contributed by atoms with van der Waals surface area (Å²) in [6.07, 6.45) is -4.27. The van der Waals surface area contributed by atoms with Crippen LogP contribution in [0.3, 0.4) is 0 Å². The summed E-state index contributed by atoms with van der Waals surface area (Å²) in [5.41, 5.74) is 0.855. The molecular weight excluding hydrogens is 497 g/mol. The van der Waals surface area contributed by atoms with Gasteiger partial charge in [-0.3, -0.25) is 0 Å². The molecule has 35 heavy (non-hydrogen) atoms. The monoisotopic (exact) mass is 517 g/mol. The first kappa shape index (κ1) is 25.0. The van der Waals surface area contributed by atoms with E-state index in [2.05, 4.69) is 14.8 Å². The minimum atomic E-state index is -5.37. The minimum absolute atomic E-state index is 0.169. The molecule has 4 rings (SSSR count). The predicted molar refractivity (Wildman–Crippen MR) is 115 cm³/mol. The number of sulfonamides is 1. The van der Waals surface area contributed by atoms with Gasteiger partial charge in [-0.2, -0.15) is 13.2 Å². The van der Waals surface area contributed by atoms with Crippen LogP contribution in [0.1, 0.15) is 44.2 Å². The topological polar surface area (TPSA) is 92.4 Å². The van der Waals surface area contributed by atoms with E-state index in [9.17, 15) is 35.2 Å². The van der Waals surface area contributed by atoms with Crippen molar-refractivity contribution in [1.82, 2.24) is 14.4 Å². The van der Waals surface area contributed by atoms with E-state index in [0.717, 1.165) is 18.6 Å². The van der Waals surface area contributed by atoms with Gasteiger partial charge in [0, 0.05) is 11.6 Å². The molecule has 0 bridgehead atoms. The van der Waals surface area contributed by atoms with Crippen LogP contribution in [0.4, 0.5) is 22.0 Å². The Morgan fingerprint density at radius 1 is 1.09 bits per heavy atom. The first-order valence-corrected chi connectivity index (χ1v) is 12.1. The van der Waals surface area contributed by atoms with Crippen molar-refractivity contribution < 1.29 is 40.0 Å². The fraction of sp³-hybridized carbons (Fsp3) is 0.364. The first-order valence-electron chi connectivity index (χ1n) is 10.7. The Labute approximate surface area is 196 Å². The molecule has 0 amide bonds. The summed E-state index contributed by atoms with van der Waals surface area (Å²) >= 11 is 0. The molecule has 0 spiro atoms. The molecule has 0 aliphatic heterocycles. The van der Waals surface area contributed by atoms with E-state index in [1.54, 1.807) is 6.07 Å². The standard InChI is InChI=1S/C22H20F5N3O4S/c23-19(24)18-12-17-16(10-11-28-20(17)29-18)13-6-8-15(9-7-13)35(32,33)30(14-4-2-1-3-5-14)34-21(31)22(25,26)27/h6-12,14,19H,1-5H2,(H,28,29). The number of hydroxylamine groups is 1. The average molecular weight is 517 g/mol. The third kappa shape index (κ3) is 5.15. The Morgan fingerprint density at radius 2 is 1.74 bits per heavy atom. The molecular formula is C22H20F5N3O4S. The van der Waals surface area contributed by atoms with Crippen LogP contribution in [0, 0.1) is 0 Å². The number of H-pyrrole nitrogens is 1. The van der Waals surface area contributed by atoms with Crippen LogP contribution in [0.15, 0.2) is 47.5 Å². The number of benzene rings is 1. The second-order valence-corrected chi connectivity index (χ2v) is 9.88. The summed E-state index contributed by atoms with van der Waals surface area (Å²) in [7, 11) is -4.63. The summed E-state index contributed by atoms with van der Waals surface area (Å²) in [5, 5.41) is 0.390. The van der Waals surface area contributed by atoms with Gasteiger partial charge >= 0.3 is 12.1 Å². The lowest BCUT2D eigenvalue weighted by Gasteiger charge is -2.31. The number of nitrogens with one attached hydrogen (secondary N) is 1. The van der Waals surface area contributed by atoms with Crippen molar-refractivity contribution in [2.45, 2.75) is 55.6 Å². The van der Waals surface area contributed by atoms with Crippen molar-refractivity contribution in [3.63, 3.8) is 0 Å². The van der Waals surface area contributed by atoms with Gasteiger partial charge in [0.1, 0.15) is 5.65 Å². The Morgan fingerprint density at radius 3 is 2.34 bits per heavy atom. The van der Waals surface area contributed by atoms with Crippen molar-refractivity contribution in [2.24, 2.45) is 0 Å². The van der Waals surface area contributed by atoms with Crippen LogP contribution in [-0.2, 0) is 19.7 Å². The molecule has 188 valence electrons. The van der Waals surface area contributed by atoms with Gasteiger partial charge in [-0.25, -0.2) is 27.0 Å². The van der Waals surface area contributed by atoms with Crippen LogP contribution in [0.25, 0.3) is 22.2 Å². The largest absolute Gasteiger partial charge is 0.492 e. The average Bonchev–Trinajstić information content (AvgIpc) is 3.27. The van der Waals surface area contributed by atoms with Crippen LogP contribution < -0.4 is 0 Å². The summed E-state index contributed by atoms with van der Waals surface area (Å²) < 4.78 is 91.3. The number of hydrogen-bond donors (Lipinski definition) is 1. The number of hydrogen-bond acceptors (Lipinski definition) is 5. The molecule has 3 aromatic rings. The van der Waals surface area contributed by atoms with Gasteiger partial charge in [0.05, 0.1) is 16.6 Å². The molecule has 2 aromatic heterocycles. The predicted octanol–water partition coefficient (Wildman–Crippen LogP) is 5.51. The highest BCUT2D eigenvalue weighted by Gasteiger charge is 2.46.